The van der Waals surface area contributed by atoms with Gasteiger partial charge in [-0.1, -0.05) is 25.0 Å². The maximum atomic E-state index is 12.3. The largest absolute Gasteiger partial charge is 0.497 e. The molecule has 0 aliphatic heterocycles. The number of aromatic amines is 1. The Labute approximate surface area is 182 Å². The van der Waals surface area contributed by atoms with Crippen molar-refractivity contribution in [2.45, 2.75) is 44.8 Å². The number of unbranched alkanes of at least 4 members (excludes halogenated alkanes) is 3. The van der Waals surface area contributed by atoms with Crippen LogP contribution < -0.4 is 15.5 Å². The molecular formula is C24H31N3O4. The van der Waals surface area contributed by atoms with Gasteiger partial charge in [-0.05, 0) is 67.1 Å². The Kier molecular flexibility index (Phi) is 8.46. The van der Waals surface area contributed by atoms with Crippen LogP contribution in [0, 0.1) is 0 Å². The fraction of sp³-hybridized carbons (Fsp3) is 0.375. The van der Waals surface area contributed by atoms with Crippen LogP contribution in [0.15, 0.2) is 48.7 Å². The molecule has 7 nitrogen and oxygen atoms in total. The molecule has 0 aliphatic rings. The topological polar surface area (TPSA) is 107 Å². The van der Waals surface area contributed by atoms with Gasteiger partial charge in [0, 0.05) is 29.2 Å². The average molecular weight is 426 g/mol. The molecule has 0 spiro atoms. The van der Waals surface area contributed by atoms with Crippen molar-refractivity contribution in [3.63, 3.8) is 0 Å². The third-order valence-electron chi connectivity index (χ3n) is 5.42. The number of methoxy groups -OCH3 is 1. The second-order valence-electron chi connectivity index (χ2n) is 7.70. The average Bonchev–Trinajstić information content (AvgIpc) is 3.20. The van der Waals surface area contributed by atoms with Gasteiger partial charge in [0.25, 0.3) is 5.91 Å². The van der Waals surface area contributed by atoms with Gasteiger partial charge in [0.05, 0.1) is 7.11 Å². The van der Waals surface area contributed by atoms with Gasteiger partial charge in [-0.15, -0.1) is 0 Å². The zero-order chi connectivity index (χ0) is 22.1. The Hall–Kier alpha value is -2.87. The van der Waals surface area contributed by atoms with Crippen LogP contribution in [-0.4, -0.2) is 41.1 Å². The van der Waals surface area contributed by atoms with Crippen LogP contribution in [0.3, 0.4) is 0 Å². The predicted molar refractivity (Wildman–Crippen MR) is 120 cm³/mol. The van der Waals surface area contributed by atoms with E-state index in [0.717, 1.165) is 54.3 Å². The van der Waals surface area contributed by atoms with Gasteiger partial charge in [-0.3, -0.25) is 4.79 Å². The lowest BCUT2D eigenvalue weighted by atomic mass is 10.0. The summed E-state index contributed by atoms with van der Waals surface area (Å²) in [5.74, 6) is 0.767. The molecule has 166 valence electrons. The molecule has 7 heteroatoms. The Balaban J connectivity index is 1.45. The fourth-order valence-corrected chi connectivity index (χ4v) is 3.61. The zero-order valence-electron chi connectivity index (χ0n) is 17.9. The van der Waals surface area contributed by atoms with E-state index in [9.17, 15) is 9.90 Å². The number of ether oxygens (including phenoxy) is 1. The number of amides is 1. The molecule has 2 aromatic carbocycles. The van der Waals surface area contributed by atoms with E-state index in [1.165, 1.54) is 5.56 Å². The molecule has 0 fully saturated rings. The van der Waals surface area contributed by atoms with Gasteiger partial charge in [0.2, 0.25) is 0 Å². The van der Waals surface area contributed by atoms with E-state index in [1.54, 1.807) is 7.11 Å². The number of benzene rings is 2. The lowest BCUT2D eigenvalue weighted by Crippen LogP contribution is -2.25. The number of fused-ring (bicyclic) bond motifs is 1. The van der Waals surface area contributed by atoms with Crippen molar-refractivity contribution in [1.29, 1.82) is 0 Å². The number of carbonyl (C=O) groups is 1. The molecule has 0 aliphatic carbocycles. The van der Waals surface area contributed by atoms with Crippen LogP contribution in [0.5, 0.6) is 5.75 Å². The van der Waals surface area contributed by atoms with Gasteiger partial charge in [-0.25, -0.2) is 0 Å². The Morgan fingerprint density at radius 3 is 2.61 bits per heavy atom. The lowest BCUT2D eigenvalue weighted by Gasteiger charge is -2.08. The number of hydroxylamine groups is 1. The Bertz CT molecular complexity index is 969. The fourth-order valence-electron chi connectivity index (χ4n) is 3.61. The van der Waals surface area contributed by atoms with Crippen molar-refractivity contribution in [2.75, 3.05) is 13.7 Å². The SMILES string of the molecule is COc1ccc2[nH]cc(Cc3ccc(C(=O)NCCCCCCC(O)NO)cc3)c2c1. The number of aliphatic hydroxyl groups excluding tert-OH is 1. The van der Waals surface area contributed by atoms with Gasteiger partial charge < -0.3 is 25.4 Å². The van der Waals surface area contributed by atoms with E-state index >= 15 is 0 Å². The Morgan fingerprint density at radius 2 is 1.87 bits per heavy atom. The number of hydrogen-bond donors (Lipinski definition) is 5. The number of carbonyl (C=O) groups excluding carboxylic acids is 1. The minimum absolute atomic E-state index is 0.0664. The summed E-state index contributed by atoms with van der Waals surface area (Å²) in [4.78, 5) is 15.6. The van der Waals surface area contributed by atoms with Gasteiger partial charge in [0.1, 0.15) is 12.0 Å². The summed E-state index contributed by atoms with van der Waals surface area (Å²) in [6.07, 6.45) is 6.07. The molecule has 0 saturated carbocycles. The highest BCUT2D eigenvalue weighted by atomic mass is 16.5. The van der Waals surface area contributed by atoms with Gasteiger partial charge in [0.15, 0.2) is 0 Å². The van der Waals surface area contributed by atoms with Crippen molar-refractivity contribution in [3.05, 3.63) is 65.4 Å². The highest BCUT2D eigenvalue weighted by molar-refractivity contribution is 5.94. The van der Waals surface area contributed by atoms with Crippen LogP contribution in [0.4, 0.5) is 0 Å². The molecule has 1 atom stereocenters. The maximum absolute atomic E-state index is 12.3. The van der Waals surface area contributed by atoms with Crippen LogP contribution in [0.1, 0.15) is 53.6 Å². The third-order valence-corrected chi connectivity index (χ3v) is 5.42. The molecule has 1 amide bonds. The molecule has 5 N–H and O–H groups in total. The highest BCUT2D eigenvalue weighted by Gasteiger charge is 2.08. The van der Waals surface area contributed by atoms with E-state index in [2.05, 4.69) is 10.3 Å². The van der Waals surface area contributed by atoms with E-state index in [4.69, 9.17) is 9.94 Å². The minimum Gasteiger partial charge on any atom is -0.497 e. The Morgan fingerprint density at radius 1 is 1.10 bits per heavy atom. The van der Waals surface area contributed by atoms with Crippen molar-refractivity contribution < 1.29 is 19.8 Å². The number of hydrogen-bond acceptors (Lipinski definition) is 5. The summed E-state index contributed by atoms with van der Waals surface area (Å²) in [5, 5.41) is 21.8. The van der Waals surface area contributed by atoms with E-state index in [1.807, 2.05) is 54.1 Å². The third kappa shape index (κ3) is 6.55. The van der Waals surface area contributed by atoms with Crippen LogP contribution in [0.2, 0.25) is 0 Å². The number of aromatic nitrogens is 1. The molecule has 3 aromatic rings. The number of aliphatic hydroxyl groups is 1. The van der Waals surface area contributed by atoms with Gasteiger partial charge in [-0.2, -0.15) is 5.48 Å². The van der Waals surface area contributed by atoms with Crippen molar-refractivity contribution in [2.24, 2.45) is 0 Å². The summed E-state index contributed by atoms with van der Waals surface area (Å²) < 4.78 is 5.33. The lowest BCUT2D eigenvalue weighted by molar-refractivity contribution is -0.00393. The van der Waals surface area contributed by atoms with Crippen LogP contribution in [-0.2, 0) is 6.42 Å². The predicted octanol–water partition coefficient (Wildman–Crippen LogP) is 3.74. The first-order valence-electron chi connectivity index (χ1n) is 10.7. The highest BCUT2D eigenvalue weighted by Crippen LogP contribution is 2.25. The molecule has 1 heterocycles. The molecule has 0 saturated heterocycles. The summed E-state index contributed by atoms with van der Waals surface area (Å²) in [7, 11) is 1.67. The van der Waals surface area contributed by atoms with Gasteiger partial charge >= 0.3 is 0 Å². The van der Waals surface area contributed by atoms with E-state index < -0.39 is 6.23 Å². The summed E-state index contributed by atoms with van der Waals surface area (Å²) in [6.45, 7) is 0.624. The zero-order valence-corrected chi connectivity index (χ0v) is 17.9. The second kappa shape index (κ2) is 11.5. The standard InChI is InChI=1S/C24H31N3O4/c1-31-20-11-12-22-21(15-20)19(16-26-22)14-17-7-9-18(10-8-17)24(29)25-13-5-3-2-4-6-23(28)27-30/h7-12,15-16,23,26-28,30H,2-6,13-14H2,1H3,(H,25,29). The molecule has 0 radical (unpaired) electrons. The summed E-state index contributed by atoms with van der Waals surface area (Å²) in [6, 6.07) is 13.7. The monoisotopic (exact) mass is 425 g/mol. The van der Waals surface area contributed by atoms with Crippen molar-refractivity contribution in [3.8, 4) is 5.75 Å². The molecule has 1 aromatic heterocycles. The van der Waals surface area contributed by atoms with Crippen molar-refractivity contribution in [1.82, 2.24) is 15.8 Å². The maximum Gasteiger partial charge on any atom is 0.251 e. The summed E-state index contributed by atoms with van der Waals surface area (Å²) in [5.41, 5.74) is 5.88. The van der Waals surface area contributed by atoms with Crippen LogP contribution in [0.25, 0.3) is 10.9 Å². The first-order chi connectivity index (χ1) is 15.1. The quantitative estimate of drug-likeness (QED) is 0.173. The minimum atomic E-state index is -0.860. The van der Waals surface area contributed by atoms with E-state index in [-0.39, 0.29) is 5.91 Å². The number of H-pyrrole nitrogens is 1. The molecular weight excluding hydrogens is 394 g/mol. The smallest absolute Gasteiger partial charge is 0.251 e. The number of rotatable bonds is 12. The second-order valence-corrected chi connectivity index (χ2v) is 7.70. The molecule has 1 unspecified atom stereocenters. The molecule has 0 bridgehead atoms. The van der Waals surface area contributed by atoms with E-state index in [0.29, 0.717) is 18.5 Å². The first kappa shape index (κ1) is 22.8. The first-order valence-corrected chi connectivity index (χ1v) is 10.7. The normalized spacial score (nSPS) is 12.1. The summed E-state index contributed by atoms with van der Waals surface area (Å²) >= 11 is 0. The molecule has 3 rings (SSSR count). The van der Waals surface area contributed by atoms with Crippen molar-refractivity contribution >= 4 is 16.8 Å². The number of nitrogens with one attached hydrogen (secondary N) is 3. The molecule has 31 heavy (non-hydrogen) atoms. The van der Waals surface area contributed by atoms with Crippen LogP contribution >= 0.6 is 0 Å².